The quantitative estimate of drug-likeness (QED) is 0.897. The van der Waals surface area contributed by atoms with E-state index < -0.39 is 15.8 Å². The van der Waals surface area contributed by atoms with E-state index in [2.05, 4.69) is 9.68 Å². The molecule has 0 aliphatic carbocycles. The van der Waals surface area contributed by atoms with Crippen molar-refractivity contribution in [3.8, 4) is 0 Å². The van der Waals surface area contributed by atoms with Crippen molar-refractivity contribution >= 4 is 15.8 Å². The first-order chi connectivity index (χ1) is 8.49. The number of carboxylic acids is 1. The van der Waals surface area contributed by atoms with Crippen molar-refractivity contribution in [2.75, 3.05) is 0 Å². The van der Waals surface area contributed by atoms with Crippen molar-refractivity contribution in [2.24, 2.45) is 0 Å². The number of rotatable bonds is 4. The minimum absolute atomic E-state index is 0.0383. The van der Waals surface area contributed by atoms with Crippen LogP contribution in [0.5, 0.6) is 0 Å². The first kappa shape index (κ1) is 12.3. The molecule has 2 rings (SSSR count). The maximum Gasteiger partial charge on any atom is 0.335 e. The summed E-state index contributed by atoms with van der Waals surface area (Å²) in [5.41, 5.74) is 0.345. The number of carbonyl (C=O) groups is 1. The summed E-state index contributed by atoms with van der Waals surface area (Å²) in [6.07, 6.45) is 2.54. The van der Waals surface area contributed by atoms with Crippen LogP contribution < -0.4 is 0 Å². The summed E-state index contributed by atoms with van der Waals surface area (Å²) in [5, 5.41) is 12.2. The third-order valence-electron chi connectivity index (χ3n) is 2.28. The van der Waals surface area contributed by atoms with Gasteiger partial charge in [-0.1, -0.05) is 11.2 Å². The first-order valence-corrected chi connectivity index (χ1v) is 6.58. The molecule has 7 heteroatoms. The SMILES string of the molecule is O=C(O)c1cccc(S(=O)(=O)Cc2cnoc2)c1. The zero-order valence-electron chi connectivity index (χ0n) is 9.11. The molecule has 1 aromatic heterocycles. The maximum absolute atomic E-state index is 12.0. The van der Waals surface area contributed by atoms with Crippen molar-refractivity contribution in [3.05, 3.63) is 47.9 Å². The van der Waals surface area contributed by atoms with Crippen LogP contribution in [0, 0.1) is 0 Å². The number of hydrogen-bond acceptors (Lipinski definition) is 5. The first-order valence-electron chi connectivity index (χ1n) is 4.93. The molecular weight excluding hydrogens is 258 g/mol. The number of aromatic carboxylic acids is 1. The van der Waals surface area contributed by atoms with Gasteiger partial charge in [0.2, 0.25) is 0 Å². The molecule has 18 heavy (non-hydrogen) atoms. The highest BCUT2D eigenvalue weighted by atomic mass is 32.2. The number of sulfone groups is 1. The minimum atomic E-state index is -3.60. The Bertz CT molecular complexity index is 661. The maximum atomic E-state index is 12.0. The van der Waals surface area contributed by atoms with Gasteiger partial charge in [0.15, 0.2) is 9.84 Å². The summed E-state index contributed by atoms with van der Waals surface area (Å²) < 4.78 is 28.6. The number of benzene rings is 1. The molecule has 2 aromatic rings. The molecule has 0 radical (unpaired) electrons. The van der Waals surface area contributed by atoms with Crippen LogP contribution in [0.25, 0.3) is 0 Å². The molecule has 0 saturated heterocycles. The second-order valence-electron chi connectivity index (χ2n) is 3.62. The molecule has 1 aromatic carbocycles. The lowest BCUT2D eigenvalue weighted by Crippen LogP contribution is -2.06. The van der Waals surface area contributed by atoms with Crippen LogP contribution in [0.4, 0.5) is 0 Å². The highest BCUT2D eigenvalue weighted by Gasteiger charge is 2.18. The van der Waals surface area contributed by atoms with E-state index in [1.54, 1.807) is 0 Å². The second kappa shape index (κ2) is 4.61. The van der Waals surface area contributed by atoms with Crippen molar-refractivity contribution < 1.29 is 22.8 Å². The van der Waals surface area contributed by atoms with E-state index in [9.17, 15) is 13.2 Å². The third kappa shape index (κ3) is 2.57. The largest absolute Gasteiger partial charge is 0.478 e. The summed E-state index contributed by atoms with van der Waals surface area (Å²) in [5.74, 6) is -1.45. The third-order valence-corrected chi connectivity index (χ3v) is 3.97. The predicted octanol–water partition coefficient (Wildman–Crippen LogP) is 1.35. The molecule has 0 aliphatic heterocycles. The molecular formula is C11H9NO5S. The summed E-state index contributed by atoms with van der Waals surface area (Å²) in [7, 11) is -3.60. The van der Waals surface area contributed by atoms with Crippen LogP contribution in [0.15, 0.2) is 46.1 Å². The molecule has 0 spiro atoms. The van der Waals surface area contributed by atoms with Crippen molar-refractivity contribution in [1.82, 2.24) is 5.16 Å². The van der Waals surface area contributed by atoms with Crippen molar-refractivity contribution in [2.45, 2.75) is 10.6 Å². The molecule has 0 fully saturated rings. The van der Waals surface area contributed by atoms with Crippen LogP contribution in [-0.4, -0.2) is 24.7 Å². The number of carboxylic acid groups (broad SMARTS) is 1. The zero-order chi connectivity index (χ0) is 13.2. The van der Waals surface area contributed by atoms with Gasteiger partial charge >= 0.3 is 5.97 Å². The van der Waals surface area contributed by atoms with Gasteiger partial charge in [-0.15, -0.1) is 0 Å². The van der Waals surface area contributed by atoms with Gasteiger partial charge in [0, 0.05) is 5.56 Å². The molecule has 0 amide bonds. The van der Waals surface area contributed by atoms with Crippen molar-refractivity contribution in [1.29, 1.82) is 0 Å². The Kier molecular flexibility index (Phi) is 3.15. The molecule has 0 atom stereocenters. The van der Waals surface area contributed by atoms with E-state index in [4.69, 9.17) is 5.11 Å². The van der Waals surface area contributed by atoms with Gasteiger partial charge in [0.05, 0.1) is 22.4 Å². The van der Waals surface area contributed by atoms with E-state index in [1.807, 2.05) is 0 Å². The molecule has 0 unspecified atom stereocenters. The second-order valence-corrected chi connectivity index (χ2v) is 5.61. The predicted molar refractivity (Wildman–Crippen MR) is 60.8 cm³/mol. The fraction of sp³-hybridized carbons (Fsp3) is 0.0909. The summed E-state index contributed by atoms with van der Waals surface area (Å²) in [4.78, 5) is 10.7. The number of aromatic nitrogens is 1. The van der Waals surface area contributed by atoms with Crippen LogP contribution in [0.2, 0.25) is 0 Å². The minimum Gasteiger partial charge on any atom is -0.478 e. The standard InChI is InChI=1S/C11H9NO5S/c13-11(14)9-2-1-3-10(4-9)18(15,16)7-8-5-12-17-6-8/h1-6H,7H2,(H,13,14). The fourth-order valence-electron chi connectivity index (χ4n) is 1.42. The number of hydrogen-bond donors (Lipinski definition) is 1. The highest BCUT2D eigenvalue weighted by molar-refractivity contribution is 7.90. The van der Waals surface area contributed by atoms with Gasteiger partial charge in [-0.05, 0) is 18.2 Å². The lowest BCUT2D eigenvalue weighted by Gasteiger charge is -2.03. The summed E-state index contributed by atoms with van der Waals surface area (Å²) >= 11 is 0. The zero-order valence-corrected chi connectivity index (χ0v) is 9.92. The van der Waals surface area contributed by atoms with Crippen molar-refractivity contribution in [3.63, 3.8) is 0 Å². The van der Waals surface area contributed by atoms with E-state index >= 15 is 0 Å². The van der Waals surface area contributed by atoms with Gasteiger partial charge in [-0.3, -0.25) is 0 Å². The van der Waals surface area contributed by atoms with E-state index in [0.717, 1.165) is 6.07 Å². The molecule has 1 heterocycles. The topological polar surface area (TPSA) is 97.5 Å². The Morgan fingerprint density at radius 2 is 2.17 bits per heavy atom. The number of nitrogens with zero attached hydrogens (tertiary/aromatic N) is 1. The summed E-state index contributed by atoms with van der Waals surface area (Å²) in [6, 6.07) is 5.21. The normalized spacial score (nSPS) is 11.3. The Balaban J connectivity index is 2.35. The fourth-order valence-corrected chi connectivity index (χ4v) is 2.76. The Hall–Kier alpha value is -2.15. The van der Waals surface area contributed by atoms with Crippen LogP contribution in [-0.2, 0) is 15.6 Å². The van der Waals surface area contributed by atoms with Crippen LogP contribution in [0.3, 0.4) is 0 Å². The Morgan fingerprint density at radius 1 is 1.39 bits per heavy atom. The van der Waals surface area contributed by atoms with Crippen LogP contribution >= 0.6 is 0 Å². The van der Waals surface area contributed by atoms with Gasteiger partial charge in [0.25, 0.3) is 0 Å². The average molecular weight is 267 g/mol. The summed E-state index contributed by atoms with van der Waals surface area (Å²) in [6.45, 7) is 0. The molecule has 94 valence electrons. The molecule has 0 saturated carbocycles. The average Bonchev–Trinajstić information content (AvgIpc) is 2.81. The molecule has 1 N–H and O–H groups in total. The van der Waals surface area contributed by atoms with Gasteiger partial charge < -0.3 is 9.63 Å². The lowest BCUT2D eigenvalue weighted by molar-refractivity contribution is 0.0696. The lowest BCUT2D eigenvalue weighted by atomic mass is 10.2. The Morgan fingerprint density at radius 3 is 2.78 bits per heavy atom. The van der Waals surface area contributed by atoms with E-state index in [0.29, 0.717) is 5.56 Å². The Labute approximate surface area is 103 Å². The molecule has 0 bridgehead atoms. The van der Waals surface area contributed by atoms with Crippen LogP contribution in [0.1, 0.15) is 15.9 Å². The monoisotopic (exact) mass is 267 g/mol. The van der Waals surface area contributed by atoms with Gasteiger partial charge in [0.1, 0.15) is 6.26 Å². The smallest absolute Gasteiger partial charge is 0.335 e. The van der Waals surface area contributed by atoms with E-state index in [-0.39, 0.29) is 16.2 Å². The van der Waals surface area contributed by atoms with E-state index in [1.165, 1.54) is 30.7 Å². The molecule has 0 aliphatic rings. The highest BCUT2D eigenvalue weighted by Crippen LogP contribution is 2.17. The van der Waals surface area contributed by atoms with Gasteiger partial charge in [-0.2, -0.15) is 0 Å². The molecule has 6 nitrogen and oxygen atoms in total. The van der Waals surface area contributed by atoms with Gasteiger partial charge in [-0.25, -0.2) is 13.2 Å².